The minimum absolute atomic E-state index is 0. The summed E-state index contributed by atoms with van der Waals surface area (Å²) in [6.07, 6.45) is 6.83. The average Bonchev–Trinajstić information content (AvgIpc) is 3.28. The van der Waals surface area contributed by atoms with Crippen molar-refractivity contribution in [2.45, 2.75) is 38.8 Å². The molecule has 2 unspecified atom stereocenters. The molecule has 1 aliphatic carbocycles. The summed E-state index contributed by atoms with van der Waals surface area (Å²) >= 11 is 0. The van der Waals surface area contributed by atoms with E-state index < -0.39 is 0 Å². The normalized spacial score (nSPS) is 19.6. The van der Waals surface area contributed by atoms with Gasteiger partial charge in [-0.1, -0.05) is 24.6 Å². The largest absolute Gasteiger partial charge is 0.393 e. The maximum Gasteiger partial charge on any atom is 0.193 e. The molecule has 3 rings (SSSR count). The van der Waals surface area contributed by atoms with Crippen molar-refractivity contribution in [1.29, 1.82) is 0 Å². The van der Waals surface area contributed by atoms with E-state index in [2.05, 4.69) is 28.4 Å². The number of para-hydroxylation sites is 1. The van der Waals surface area contributed by atoms with Gasteiger partial charge >= 0.3 is 0 Å². The van der Waals surface area contributed by atoms with Gasteiger partial charge in [-0.3, -0.25) is 4.99 Å². The molecule has 1 aromatic heterocycles. The zero-order chi connectivity index (χ0) is 18.4. The Morgan fingerprint density at radius 3 is 2.78 bits per heavy atom. The molecule has 0 saturated heterocycles. The highest BCUT2D eigenvalue weighted by Crippen LogP contribution is 2.25. The Morgan fingerprint density at radius 2 is 2.11 bits per heavy atom. The third kappa shape index (κ3) is 5.93. The zero-order valence-corrected chi connectivity index (χ0v) is 18.4. The van der Waals surface area contributed by atoms with Crippen LogP contribution in [0.1, 0.15) is 31.7 Å². The van der Waals surface area contributed by atoms with Crippen LogP contribution in [-0.4, -0.2) is 52.0 Å². The number of aromatic nitrogens is 2. The molecule has 0 spiro atoms. The van der Waals surface area contributed by atoms with E-state index in [1.165, 1.54) is 0 Å². The highest BCUT2D eigenvalue weighted by molar-refractivity contribution is 14.0. The Kier molecular flexibility index (Phi) is 8.56. The van der Waals surface area contributed by atoms with Crippen molar-refractivity contribution >= 4 is 29.9 Å². The molecule has 6 nitrogen and oxygen atoms in total. The molecule has 2 atom stereocenters. The standard InChI is InChI=1S/C20H29N5O.HI/c1-3-21-20(22-13-17-8-7-11-19(17)26)24(2)14-16-12-23-25(15-16)18-9-5-4-6-10-18;/h4-6,9-10,12,15,17,19,26H,3,7-8,11,13-14H2,1-2H3,(H,21,22);1H. The Hall–Kier alpha value is -1.61. The van der Waals surface area contributed by atoms with Gasteiger partial charge in [-0.25, -0.2) is 4.68 Å². The summed E-state index contributed by atoms with van der Waals surface area (Å²) in [7, 11) is 2.03. The molecule has 1 saturated carbocycles. The molecule has 1 aromatic carbocycles. The molecule has 2 N–H and O–H groups in total. The second-order valence-electron chi connectivity index (χ2n) is 6.94. The Bertz CT molecular complexity index is 718. The first kappa shape index (κ1) is 21.7. The quantitative estimate of drug-likeness (QED) is 0.377. The zero-order valence-electron chi connectivity index (χ0n) is 16.1. The molecule has 1 aliphatic rings. The summed E-state index contributed by atoms with van der Waals surface area (Å²) in [4.78, 5) is 6.86. The number of aliphatic imine (C=N–C) groups is 1. The number of benzene rings is 1. The third-order valence-corrected chi connectivity index (χ3v) is 4.87. The predicted molar refractivity (Wildman–Crippen MR) is 120 cm³/mol. The van der Waals surface area contributed by atoms with Gasteiger partial charge in [0.15, 0.2) is 5.96 Å². The Morgan fingerprint density at radius 1 is 1.33 bits per heavy atom. The number of nitrogens with zero attached hydrogens (tertiary/aromatic N) is 4. The number of halogens is 1. The lowest BCUT2D eigenvalue weighted by Gasteiger charge is -2.22. The van der Waals surface area contributed by atoms with Crippen LogP contribution in [0.5, 0.6) is 0 Å². The van der Waals surface area contributed by atoms with Gasteiger partial charge in [0.2, 0.25) is 0 Å². The first-order valence-electron chi connectivity index (χ1n) is 9.44. The van der Waals surface area contributed by atoms with Crippen LogP contribution in [0.3, 0.4) is 0 Å². The van der Waals surface area contributed by atoms with E-state index in [1.54, 1.807) is 0 Å². The summed E-state index contributed by atoms with van der Waals surface area (Å²) in [5.74, 6) is 1.16. The second-order valence-corrected chi connectivity index (χ2v) is 6.94. The molecule has 0 aliphatic heterocycles. The van der Waals surface area contributed by atoms with Crippen LogP contribution in [0, 0.1) is 5.92 Å². The van der Waals surface area contributed by atoms with Gasteiger partial charge in [-0.15, -0.1) is 24.0 Å². The van der Waals surface area contributed by atoms with Crippen LogP contribution in [0.2, 0.25) is 0 Å². The molecular formula is C20H30IN5O. The van der Waals surface area contributed by atoms with Crippen molar-refractivity contribution in [1.82, 2.24) is 20.0 Å². The molecular weight excluding hydrogens is 453 g/mol. The first-order valence-corrected chi connectivity index (χ1v) is 9.44. The van der Waals surface area contributed by atoms with Crippen LogP contribution < -0.4 is 5.32 Å². The van der Waals surface area contributed by atoms with E-state index in [9.17, 15) is 5.11 Å². The third-order valence-electron chi connectivity index (χ3n) is 4.87. The summed E-state index contributed by atoms with van der Waals surface area (Å²) < 4.78 is 1.89. The van der Waals surface area contributed by atoms with Crippen molar-refractivity contribution in [3.8, 4) is 5.69 Å². The first-order chi connectivity index (χ1) is 12.7. The number of aliphatic hydroxyl groups is 1. The fourth-order valence-corrected chi connectivity index (χ4v) is 3.42. The molecule has 1 fully saturated rings. The van der Waals surface area contributed by atoms with Crippen molar-refractivity contribution in [3.63, 3.8) is 0 Å². The lowest BCUT2D eigenvalue weighted by Crippen LogP contribution is -2.39. The second kappa shape index (κ2) is 10.7. The number of nitrogens with one attached hydrogen (secondary N) is 1. The van der Waals surface area contributed by atoms with E-state index in [0.29, 0.717) is 6.54 Å². The van der Waals surface area contributed by atoms with Gasteiger partial charge in [-0.2, -0.15) is 5.10 Å². The van der Waals surface area contributed by atoms with E-state index in [1.807, 2.05) is 48.3 Å². The van der Waals surface area contributed by atoms with Gasteiger partial charge in [-0.05, 0) is 31.9 Å². The van der Waals surface area contributed by atoms with Crippen LogP contribution >= 0.6 is 24.0 Å². The Balaban J connectivity index is 0.00000261. The summed E-state index contributed by atoms with van der Waals surface area (Å²) in [6.45, 7) is 4.30. The lowest BCUT2D eigenvalue weighted by atomic mass is 10.1. The molecule has 0 radical (unpaired) electrons. The topological polar surface area (TPSA) is 65.7 Å². The summed E-state index contributed by atoms with van der Waals surface area (Å²) in [6, 6.07) is 10.1. The molecule has 0 amide bonds. The number of hydrogen-bond acceptors (Lipinski definition) is 3. The van der Waals surface area contributed by atoms with Gasteiger partial charge in [0.1, 0.15) is 0 Å². The molecule has 2 aromatic rings. The molecule has 1 heterocycles. The number of rotatable bonds is 6. The van der Waals surface area contributed by atoms with Crippen molar-refractivity contribution in [2.75, 3.05) is 20.1 Å². The van der Waals surface area contributed by atoms with Crippen LogP contribution in [0.4, 0.5) is 0 Å². The molecule has 27 heavy (non-hydrogen) atoms. The number of guanidine groups is 1. The van der Waals surface area contributed by atoms with E-state index in [0.717, 1.165) is 49.6 Å². The maximum atomic E-state index is 10.0. The SMILES string of the molecule is CCNC(=NCC1CCCC1O)N(C)Cc1cnn(-c2ccccc2)c1.I. The van der Waals surface area contributed by atoms with Gasteiger partial charge in [0.25, 0.3) is 0 Å². The molecule has 0 bridgehead atoms. The number of aliphatic hydroxyl groups excluding tert-OH is 1. The van der Waals surface area contributed by atoms with Gasteiger partial charge < -0.3 is 15.3 Å². The van der Waals surface area contributed by atoms with Crippen LogP contribution in [0.15, 0.2) is 47.7 Å². The van der Waals surface area contributed by atoms with Crippen LogP contribution in [0.25, 0.3) is 5.69 Å². The monoisotopic (exact) mass is 483 g/mol. The predicted octanol–water partition coefficient (Wildman–Crippen LogP) is 3.05. The molecule has 148 valence electrons. The van der Waals surface area contributed by atoms with E-state index in [4.69, 9.17) is 4.99 Å². The minimum Gasteiger partial charge on any atom is -0.393 e. The van der Waals surface area contributed by atoms with Crippen LogP contribution in [-0.2, 0) is 6.54 Å². The molecule has 7 heteroatoms. The average molecular weight is 483 g/mol. The summed E-state index contributed by atoms with van der Waals surface area (Å²) in [5, 5.41) is 17.8. The minimum atomic E-state index is -0.198. The number of hydrogen-bond donors (Lipinski definition) is 2. The van der Waals surface area contributed by atoms with Crippen molar-refractivity contribution in [2.24, 2.45) is 10.9 Å². The maximum absolute atomic E-state index is 10.0. The Labute approximate surface area is 178 Å². The van der Waals surface area contributed by atoms with E-state index in [-0.39, 0.29) is 36.0 Å². The van der Waals surface area contributed by atoms with Crippen molar-refractivity contribution in [3.05, 3.63) is 48.3 Å². The smallest absolute Gasteiger partial charge is 0.193 e. The lowest BCUT2D eigenvalue weighted by molar-refractivity contribution is 0.136. The van der Waals surface area contributed by atoms with E-state index >= 15 is 0 Å². The van der Waals surface area contributed by atoms with Gasteiger partial charge in [0, 0.05) is 44.4 Å². The fraction of sp³-hybridized carbons (Fsp3) is 0.500. The van der Waals surface area contributed by atoms with Gasteiger partial charge in [0.05, 0.1) is 18.0 Å². The fourth-order valence-electron chi connectivity index (χ4n) is 3.42. The summed E-state index contributed by atoms with van der Waals surface area (Å²) in [5.41, 5.74) is 2.18. The highest BCUT2D eigenvalue weighted by atomic mass is 127. The van der Waals surface area contributed by atoms with Crippen molar-refractivity contribution < 1.29 is 5.11 Å². The highest BCUT2D eigenvalue weighted by Gasteiger charge is 2.25.